The largest absolute Gasteiger partial charge is 0.393 e. The van der Waals surface area contributed by atoms with E-state index in [2.05, 4.69) is 54.5 Å². The van der Waals surface area contributed by atoms with Gasteiger partial charge in [-0.15, -0.1) is 0 Å². The summed E-state index contributed by atoms with van der Waals surface area (Å²) in [7, 11) is 0. The molecule has 0 aromatic rings. The summed E-state index contributed by atoms with van der Waals surface area (Å²) in [6, 6.07) is 0. The standard InChI is InChI=1S/C29H48O3/c1-17(2)18(3)19(4)25(31)28(7)29(32-28)15-12-24-22-9-8-20-16-21(30)10-13-26(20,5)23(22)11-14-27(24,29)6/h8,17-19,21-25,30-31H,9-16H2,1-7H3/t18-,19-,21+,22+,23+,24-,25-,26-,27-,28-,29-/m0/s1. The Balaban J connectivity index is 1.41. The second-order valence-electron chi connectivity index (χ2n) is 13.6. The molecule has 5 aliphatic rings. The maximum atomic E-state index is 11.6. The van der Waals surface area contributed by atoms with E-state index in [1.54, 1.807) is 5.57 Å². The van der Waals surface area contributed by atoms with Crippen LogP contribution >= 0.6 is 0 Å². The Hall–Kier alpha value is -0.380. The van der Waals surface area contributed by atoms with E-state index >= 15 is 0 Å². The third kappa shape index (κ3) is 2.83. The van der Waals surface area contributed by atoms with E-state index in [1.165, 1.54) is 25.7 Å². The van der Waals surface area contributed by atoms with Crippen LogP contribution in [0.2, 0.25) is 0 Å². The second-order valence-corrected chi connectivity index (χ2v) is 13.6. The number of ether oxygens (including phenoxy) is 1. The molecule has 0 unspecified atom stereocenters. The molecule has 0 aromatic heterocycles. The number of hydrogen-bond donors (Lipinski definition) is 2. The minimum absolute atomic E-state index is 0.133. The van der Waals surface area contributed by atoms with Gasteiger partial charge in [-0.2, -0.15) is 0 Å². The van der Waals surface area contributed by atoms with Crippen molar-refractivity contribution in [2.45, 2.75) is 123 Å². The molecule has 0 amide bonds. The molecular formula is C29H48O3. The molecule has 32 heavy (non-hydrogen) atoms. The quantitative estimate of drug-likeness (QED) is 0.405. The summed E-state index contributed by atoms with van der Waals surface area (Å²) in [4.78, 5) is 0. The SMILES string of the molecule is CC(C)[C@H](C)[C@H](C)[C@H](O)[C@]1(C)O[C@]12CC[C@H]1[C@@H]3CC=C4C[C@H](O)CC[C@]4(C)[C@@H]3CC[C@@]12C. The third-order valence-corrected chi connectivity index (χ3v) is 12.3. The molecule has 4 fully saturated rings. The van der Waals surface area contributed by atoms with E-state index in [0.29, 0.717) is 17.8 Å². The van der Waals surface area contributed by atoms with Crippen LogP contribution in [0.15, 0.2) is 11.6 Å². The Morgan fingerprint density at radius 2 is 1.62 bits per heavy atom. The average molecular weight is 445 g/mol. The van der Waals surface area contributed by atoms with Crippen LogP contribution in [0.25, 0.3) is 0 Å². The highest BCUT2D eigenvalue weighted by Crippen LogP contribution is 2.76. The molecule has 1 heterocycles. The molecule has 4 aliphatic carbocycles. The molecule has 11 atom stereocenters. The first-order valence-electron chi connectivity index (χ1n) is 13.7. The number of fused-ring (bicyclic) bond motifs is 6. The van der Waals surface area contributed by atoms with Gasteiger partial charge in [-0.05, 0) is 99.2 Å². The molecule has 2 N–H and O–H groups in total. The van der Waals surface area contributed by atoms with Gasteiger partial charge < -0.3 is 14.9 Å². The number of hydrogen-bond acceptors (Lipinski definition) is 3. The van der Waals surface area contributed by atoms with Crippen molar-refractivity contribution in [3.05, 3.63) is 11.6 Å². The van der Waals surface area contributed by atoms with Gasteiger partial charge in [0, 0.05) is 5.41 Å². The van der Waals surface area contributed by atoms with Gasteiger partial charge in [-0.25, -0.2) is 0 Å². The van der Waals surface area contributed by atoms with E-state index in [4.69, 9.17) is 4.74 Å². The van der Waals surface area contributed by atoms with Crippen molar-refractivity contribution in [2.75, 3.05) is 0 Å². The first-order chi connectivity index (χ1) is 14.9. The zero-order valence-corrected chi connectivity index (χ0v) is 21.7. The Morgan fingerprint density at radius 1 is 0.938 bits per heavy atom. The highest BCUT2D eigenvalue weighted by Gasteiger charge is 2.81. The molecule has 1 saturated heterocycles. The highest BCUT2D eigenvalue weighted by atomic mass is 16.6. The van der Waals surface area contributed by atoms with Crippen molar-refractivity contribution in [1.29, 1.82) is 0 Å². The Bertz CT molecular complexity index is 789. The number of epoxide rings is 1. The second kappa shape index (κ2) is 7.31. The van der Waals surface area contributed by atoms with Crippen molar-refractivity contribution in [2.24, 2.45) is 46.3 Å². The first kappa shape index (κ1) is 23.4. The lowest BCUT2D eigenvalue weighted by molar-refractivity contribution is -0.0568. The maximum absolute atomic E-state index is 11.6. The van der Waals surface area contributed by atoms with Gasteiger partial charge in [0.25, 0.3) is 0 Å². The highest BCUT2D eigenvalue weighted by molar-refractivity contribution is 5.32. The van der Waals surface area contributed by atoms with Gasteiger partial charge in [0.1, 0.15) is 11.2 Å². The minimum Gasteiger partial charge on any atom is -0.393 e. The molecule has 5 rings (SSSR count). The van der Waals surface area contributed by atoms with Crippen LogP contribution in [0.4, 0.5) is 0 Å². The van der Waals surface area contributed by atoms with Gasteiger partial charge in [0.2, 0.25) is 0 Å². The van der Waals surface area contributed by atoms with Gasteiger partial charge >= 0.3 is 0 Å². The van der Waals surface area contributed by atoms with E-state index < -0.39 is 11.7 Å². The number of allylic oxidation sites excluding steroid dienone is 1. The van der Waals surface area contributed by atoms with Crippen LogP contribution in [0, 0.1) is 46.3 Å². The fourth-order valence-electron chi connectivity index (χ4n) is 9.65. The zero-order valence-electron chi connectivity index (χ0n) is 21.7. The Labute approximate surface area is 196 Å². The summed E-state index contributed by atoms with van der Waals surface area (Å²) < 4.78 is 6.77. The van der Waals surface area contributed by atoms with Gasteiger partial charge in [0.05, 0.1) is 12.2 Å². The molecule has 3 heteroatoms. The van der Waals surface area contributed by atoms with Crippen LogP contribution in [-0.2, 0) is 4.74 Å². The third-order valence-electron chi connectivity index (χ3n) is 12.3. The molecule has 1 spiro atoms. The van der Waals surface area contributed by atoms with Crippen molar-refractivity contribution in [1.82, 2.24) is 0 Å². The van der Waals surface area contributed by atoms with Crippen LogP contribution in [0.3, 0.4) is 0 Å². The molecule has 0 aromatic carbocycles. The summed E-state index contributed by atoms with van der Waals surface area (Å²) in [6.07, 6.45) is 11.0. The monoisotopic (exact) mass is 444 g/mol. The van der Waals surface area contributed by atoms with Gasteiger partial charge in [-0.3, -0.25) is 0 Å². The molecule has 3 nitrogen and oxygen atoms in total. The first-order valence-corrected chi connectivity index (χ1v) is 13.7. The van der Waals surface area contributed by atoms with Crippen LogP contribution in [0.5, 0.6) is 0 Å². The Kier molecular flexibility index (Phi) is 5.34. The van der Waals surface area contributed by atoms with E-state index in [0.717, 1.165) is 37.5 Å². The minimum atomic E-state index is -0.402. The van der Waals surface area contributed by atoms with Gasteiger partial charge in [-0.1, -0.05) is 53.2 Å². The summed E-state index contributed by atoms with van der Waals surface area (Å²) in [6.45, 7) is 16.3. The normalized spacial score (nSPS) is 52.6. The predicted molar refractivity (Wildman–Crippen MR) is 129 cm³/mol. The molecule has 0 radical (unpaired) electrons. The lowest BCUT2D eigenvalue weighted by Gasteiger charge is -2.58. The van der Waals surface area contributed by atoms with Crippen molar-refractivity contribution in [3.8, 4) is 0 Å². The summed E-state index contributed by atoms with van der Waals surface area (Å²) in [5.74, 6) is 3.46. The average Bonchev–Trinajstić information content (AvgIpc) is 3.27. The fourth-order valence-corrected chi connectivity index (χ4v) is 9.65. The summed E-state index contributed by atoms with van der Waals surface area (Å²) >= 11 is 0. The van der Waals surface area contributed by atoms with Crippen molar-refractivity contribution < 1.29 is 14.9 Å². The van der Waals surface area contributed by atoms with Crippen LogP contribution in [-0.4, -0.2) is 33.6 Å². The lowest BCUT2D eigenvalue weighted by Crippen LogP contribution is -2.54. The number of aliphatic hydroxyl groups excluding tert-OH is 2. The predicted octanol–water partition coefficient (Wildman–Crippen LogP) is 6.13. The number of aliphatic hydroxyl groups is 2. The van der Waals surface area contributed by atoms with Crippen LogP contribution in [0.1, 0.15) is 99.8 Å². The topological polar surface area (TPSA) is 53.0 Å². The van der Waals surface area contributed by atoms with Crippen molar-refractivity contribution >= 4 is 0 Å². The van der Waals surface area contributed by atoms with Crippen LogP contribution < -0.4 is 0 Å². The van der Waals surface area contributed by atoms with Crippen molar-refractivity contribution in [3.63, 3.8) is 0 Å². The fraction of sp³-hybridized carbons (Fsp3) is 0.931. The van der Waals surface area contributed by atoms with E-state index in [9.17, 15) is 10.2 Å². The molecule has 1 aliphatic heterocycles. The van der Waals surface area contributed by atoms with E-state index in [1.807, 2.05) is 0 Å². The smallest absolute Gasteiger partial charge is 0.122 e. The van der Waals surface area contributed by atoms with E-state index in [-0.39, 0.29) is 28.5 Å². The summed E-state index contributed by atoms with van der Waals surface area (Å²) in [5.41, 5.74) is 1.45. The molecule has 182 valence electrons. The van der Waals surface area contributed by atoms with Gasteiger partial charge in [0.15, 0.2) is 0 Å². The Morgan fingerprint density at radius 3 is 2.31 bits per heavy atom. The summed E-state index contributed by atoms with van der Waals surface area (Å²) in [5, 5.41) is 21.8. The zero-order chi connectivity index (χ0) is 23.3. The molecular weight excluding hydrogens is 396 g/mol. The molecule has 3 saturated carbocycles. The lowest BCUT2D eigenvalue weighted by atomic mass is 9.46. The maximum Gasteiger partial charge on any atom is 0.122 e. The molecule has 0 bridgehead atoms. The number of rotatable bonds is 4.